The largest absolute Gasteiger partial charge is 0.494 e. The summed E-state index contributed by atoms with van der Waals surface area (Å²) in [6.07, 6.45) is 1.44. The van der Waals surface area contributed by atoms with Crippen LogP contribution in [0.3, 0.4) is 0 Å². The summed E-state index contributed by atoms with van der Waals surface area (Å²) in [5, 5.41) is 3.15. The summed E-state index contributed by atoms with van der Waals surface area (Å²) in [5.41, 5.74) is 3.38. The fourth-order valence-electron chi connectivity index (χ4n) is 1.45. The second kappa shape index (κ2) is 5.83. The van der Waals surface area contributed by atoms with Crippen molar-refractivity contribution in [2.24, 2.45) is 5.84 Å². The van der Waals surface area contributed by atoms with Crippen molar-refractivity contribution in [1.82, 2.24) is 9.97 Å². The molecule has 0 spiro atoms. The van der Waals surface area contributed by atoms with Crippen LogP contribution in [-0.4, -0.2) is 16.6 Å². The predicted molar refractivity (Wildman–Crippen MR) is 70.7 cm³/mol. The first kappa shape index (κ1) is 12.1. The molecule has 18 heavy (non-hydrogen) atoms. The standard InChI is InChI=1S/C12H15N5O/c1-2-18-10-5-3-9(4-6-10)16-11-7-12(17-13)15-8-14-11/h3-8H,2,13H2,1H3,(H2,14,15,16,17). The lowest BCUT2D eigenvalue weighted by Crippen LogP contribution is -2.09. The molecule has 0 saturated heterocycles. The average molecular weight is 245 g/mol. The van der Waals surface area contributed by atoms with Crippen LogP contribution in [0.15, 0.2) is 36.7 Å². The molecule has 0 fully saturated rings. The number of nitrogens with one attached hydrogen (secondary N) is 2. The Morgan fingerprint density at radius 2 is 1.89 bits per heavy atom. The molecule has 1 aromatic heterocycles. The lowest BCUT2D eigenvalue weighted by atomic mass is 10.3. The number of hydrogen-bond donors (Lipinski definition) is 3. The maximum Gasteiger partial charge on any atom is 0.145 e. The summed E-state index contributed by atoms with van der Waals surface area (Å²) in [6, 6.07) is 9.35. The summed E-state index contributed by atoms with van der Waals surface area (Å²) in [6.45, 7) is 2.61. The van der Waals surface area contributed by atoms with Gasteiger partial charge in [0, 0.05) is 11.8 Å². The zero-order chi connectivity index (χ0) is 12.8. The number of benzene rings is 1. The summed E-state index contributed by atoms with van der Waals surface area (Å²) in [4.78, 5) is 8.02. The van der Waals surface area contributed by atoms with Crippen LogP contribution in [-0.2, 0) is 0 Å². The Balaban J connectivity index is 2.08. The van der Waals surface area contributed by atoms with Crippen LogP contribution >= 0.6 is 0 Å². The average Bonchev–Trinajstić information content (AvgIpc) is 2.42. The fourth-order valence-corrected chi connectivity index (χ4v) is 1.45. The number of hydrogen-bond acceptors (Lipinski definition) is 6. The highest BCUT2D eigenvalue weighted by molar-refractivity contribution is 5.59. The lowest BCUT2D eigenvalue weighted by molar-refractivity contribution is 0.340. The van der Waals surface area contributed by atoms with Crippen molar-refractivity contribution in [1.29, 1.82) is 0 Å². The molecule has 0 aliphatic heterocycles. The predicted octanol–water partition coefficient (Wildman–Crippen LogP) is 1.90. The number of anilines is 3. The number of ether oxygens (including phenoxy) is 1. The van der Waals surface area contributed by atoms with Gasteiger partial charge >= 0.3 is 0 Å². The first-order valence-corrected chi connectivity index (χ1v) is 5.60. The third-order valence-corrected chi connectivity index (χ3v) is 2.25. The highest BCUT2D eigenvalue weighted by Crippen LogP contribution is 2.19. The number of nitrogen functional groups attached to an aromatic ring is 1. The van der Waals surface area contributed by atoms with E-state index in [4.69, 9.17) is 10.6 Å². The third-order valence-electron chi connectivity index (χ3n) is 2.25. The molecule has 0 atom stereocenters. The van der Waals surface area contributed by atoms with Gasteiger partial charge in [-0.1, -0.05) is 0 Å². The first-order chi connectivity index (χ1) is 8.81. The summed E-state index contributed by atoms with van der Waals surface area (Å²) >= 11 is 0. The molecule has 0 aliphatic rings. The quantitative estimate of drug-likeness (QED) is 0.551. The second-order valence-electron chi connectivity index (χ2n) is 3.52. The van der Waals surface area contributed by atoms with Crippen molar-refractivity contribution >= 4 is 17.3 Å². The summed E-state index contributed by atoms with van der Waals surface area (Å²) < 4.78 is 5.37. The molecule has 2 rings (SSSR count). The molecule has 4 N–H and O–H groups in total. The van der Waals surface area contributed by atoms with Crippen molar-refractivity contribution in [2.75, 3.05) is 17.3 Å². The zero-order valence-electron chi connectivity index (χ0n) is 10.1. The van der Waals surface area contributed by atoms with E-state index in [1.54, 1.807) is 6.07 Å². The Morgan fingerprint density at radius 1 is 1.17 bits per heavy atom. The number of hydrazine groups is 1. The number of nitrogens with zero attached hydrogens (tertiary/aromatic N) is 2. The fraction of sp³-hybridized carbons (Fsp3) is 0.167. The molecule has 0 saturated carbocycles. The van der Waals surface area contributed by atoms with E-state index in [0.717, 1.165) is 11.4 Å². The monoisotopic (exact) mass is 245 g/mol. The molecule has 0 aliphatic carbocycles. The molecule has 0 radical (unpaired) electrons. The molecule has 1 heterocycles. The third kappa shape index (κ3) is 3.08. The van der Waals surface area contributed by atoms with Gasteiger partial charge in [0.1, 0.15) is 23.7 Å². The van der Waals surface area contributed by atoms with Crippen molar-refractivity contribution < 1.29 is 4.74 Å². The number of nitrogens with two attached hydrogens (primary N) is 1. The van der Waals surface area contributed by atoms with Gasteiger partial charge in [-0.2, -0.15) is 0 Å². The number of rotatable bonds is 5. The minimum absolute atomic E-state index is 0.554. The van der Waals surface area contributed by atoms with E-state index in [9.17, 15) is 0 Å². The molecule has 94 valence electrons. The highest BCUT2D eigenvalue weighted by atomic mass is 16.5. The Kier molecular flexibility index (Phi) is 3.93. The van der Waals surface area contributed by atoms with Gasteiger partial charge in [0.2, 0.25) is 0 Å². The Bertz CT molecular complexity index is 500. The molecule has 0 bridgehead atoms. The minimum atomic E-state index is 0.554. The Morgan fingerprint density at radius 3 is 2.56 bits per heavy atom. The molecular weight excluding hydrogens is 230 g/mol. The van der Waals surface area contributed by atoms with E-state index < -0.39 is 0 Å². The molecule has 1 aromatic carbocycles. The van der Waals surface area contributed by atoms with Crippen LogP contribution in [0.25, 0.3) is 0 Å². The van der Waals surface area contributed by atoms with E-state index in [2.05, 4.69) is 20.7 Å². The Labute approximate surface area is 105 Å². The summed E-state index contributed by atoms with van der Waals surface area (Å²) in [5.74, 6) is 7.35. The Hall–Kier alpha value is -2.34. The van der Waals surface area contributed by atoms with Crippen LogP contribution in [0.1, 0.15) is 6.92 Å². The second-order valence-corrected chi connectivity index (χ2v) is 3.52. The topological polar surface area (TPSA) is 85.1 Å². The zero-order valence-corrected chi connectivity index (χ0v) is 10.1. The molecular formula is C12H15N5O. The molecule has 0 amide bonds. The molecule has 6 heteroatoms. The van der Waals surface area contributed by atoms with Gasteiger partial charge < -0.3 is 15.5 Å². The van der Waals surface area contributed by atoms with E-state index in [1.807, 2.05) is 31.2 Å². The van der Waals surface area contributed by atoms with Crippen molar-refractivity contribution in [3.05, 3.63) is 36.7 Å². The van der Waals surface area contributed by atoms with Crippen LogP contribution < -0.4 is 21.3 Å². The van der Waals surface area contributed by atoms with Gasteiger partial charge in [0.25, 0.3) is 0 Å². The number of aromatic nitrogens is 2. The van der Waals surface area contributed by atoms with Crippen molar-refractivity contribution in [3.8, 4) is 5.75 Å². The first-order valence-electron chi connectivity index (χ1n) is 5.60. The van der Waals surface area contributed by atoms with E-state index in [0.29, 0.717) is 18.2 Å². The van der Waals surface area contributed by atoms with Crippen LogP contribution in [0, 0.1) is 0 Å². The van der Waals surface area contributed by atoms with Crippen molar-refractivity contribution in [2.45, 2.75) is 6.92 Å². The van der Waals surface area contributed by atoms with E-state index in [1.165, 1.54) is 6.33 Å². The SMILES string of the molecule is CCOc1ccc(Nc2cc(NN)ncn2)cc1. The van der Waals surface area contributed by atoms with Gasteiger partial charge in [-0.05, 0) is 31.2 Å². The molecule has 0 unspecified atom stereocenters. The van der Waals surface area contributed by atoms with Crippen LogP contribution in [0.4, 0.5) is 17.3 Å². The maximum atomic E-state index is 5.37. The smallest absolute Gasteiger partial charge is 0.145 e. The highest BCUT2D eigenvalue weighted by Gasteiger charge is 1.99. The van der Waals surface area contributed by atoms with Crippen molar-refractivity contribution in [3.63, 3.8) is 0 Å². The lowest BCUT2D eigenvalue weighted by Gasteiger charge is -2.08. The van der Waals surface area contributed by atoms with Gasteiger partial charge in [-0.15, -0.1) is 0 Å². The summed E-state index contributed by atoms with van der Waals surface area (Å²) in [7, 11) is 0. The van der Waals surface area contributed by atoms with Gasteiger partial charge in [-0.25, -0.2) is 15.8 Å². The van der Waals surface area contributed by atoms with E-state index >= 15 is 0 Å². The maximum absolute atomic E-state index is 5.37. The minimum Gasteiger partial charge on any atom is -0.494 e. The van der Waals surface area contributed by atoms with Gasteiger partial charge in [0.15, 0.2) is 0 Å². The molecule has 2 aromatic rings. The molecule has 6 nitrogen and oxygen atoms in total. The normalized spacial score (nSPS) is 9.89. The van der Waals surface area contributed by atoms with Gasteiger partial charge in [-0.3, -0.25) is 0 Å². The van der Waals surface area contributed by atoms with Crippen LogP contribution in [0.5, 0.6) is 5.75 Å². The van der Waals surface area contributed by atoms with Gasteiger partial charge in [0.05, 0.1) is 6.61 Å². The van der Waals surface area contributed by atoms with Crippen LogP contribution in [0.2, 0.25) is 0 Å². The van der Waals surface area contributed by atoms with E-state index in [-0.39, 0.29) is 0 Å².